The van der Waals surface area contributed by atoms with E-state index in [1.807, 2.05) is 31.2 Å². The number of aliphatic hydroxyl groups is 1. The minimum absolute atomic E-state index is 0.211. The van der Waals surface area contributed by atoms with Crippen molar-refractivity contribution in [3.05, 3.63) is 35.4 Å². The average molecular weight is 261 g/mol. The van der Waals surface area contributed by atoms with Gasteiger partial charge in [0.15, 0.2) is 5.78 Å². The number of benzene rings is 1. The smallest absolute Gasteiger partial charge is 0.177 e. The van der Waals surface area contributed by atoms with Crippen molar-refractivity contribution in [1.29, 1.82) is 0 Å². The van der Waals surface area contributed by atoms with Crippen LogP contribution in [0.5, 0.6) is 0 Å². The SMILES string of the molecule is Cc1ccccc1C(=O)CN1CCCC(CCO)C1. The fourth-order valence-corrected chi connectivity index (χ4v) is 2.89. The first-order valence-electron chi connectivity index (χ1n) is 7.12. The first kappa shape index (κ1) is 14.2. The predicted molar refractivity (Wildman–Crippen MR) is 76.4 cm³/mol. The lowest BCUT2D eigenvalue weighted by Crippen LogP contribution is -2.39. The van der Waals surface area contributed by atoms with Gasteiger partial charge >= 0.3 is 0 Å². The zero-order chi connectivity index (χ0) is 13.7. The lowest BCUT2D eigenvalue weighted by atomic mass is 9.94. The maximum absolute atomic E-state index is 12.3. The van der Waals surface area contributed by atoms with Crippen molar-refractivity contribution in [3.63, 3.8) is 0 Å². The molecule has 0 saturated carbocycles. The molecule has 1 aliphatic heterocycles. The number of likely N-dealkylation sites (tertiary alicyclic amines) is 1. The van der Waals surface area contributed by atoms with Gasteiger partial charge in [-0.2, -0.15) is 0 Å². The van der Waals surface area contributed by atoms with Crippen LogP contribution in [0.4, 0.5) is 0 Å². The predicted octanol–water partition coefficient (Wildman–Crippen LogP) is 2.27. The maximum Gasteiger partial charge on any atom is 0.177 e. The van der Waals surface area contributed by atoms with Crippen LogP contribution in [0.15, 0.2) is 24.3 Å². The highest BCUT2D eigenvalue weighted by atomic mass is 16.3. The molecule has 1 fully saturated rings. The van der Waals surface area contributed by atoms with Crippen molar-refractivity contribution in [2.45, 2.75) is 26.2 Å². The van der Waals surface area contributed by atoms with Crippen molar-refractivity contribution in [2.24, 2.45) is 5.92 Å². The van der Waals surface area contributed by atoms with Gasteiger partial charge in [0.2, 0.25) is 0 Å². The second-order valence-corrected chi connectivity index (χ2v) is 5.49. The van der Waals surface area contributed by atoms with E-state index < -0.39 is 0 Å². The van der Waals surface area contributed by atoms with Crippen molar-refractivity contribution in [3.8, 4) is 0 Å². The Morgan fingerprint density at radius 3 is 2.95 bits per heavy atom. The average Bonchev–Trinajstić information content (AvgIpc) is 2.40. The summed E-state index contributed by atoms with van der Waals surface area (Å²) in [5.74, 6) is 0.756. The summed E-state index contributed by atoms with van der Waals surface area (Å²) in [7, 11) is 0. The molecule has 0 amide bonds. The van der Waals surface area contributed by atoms with E-state index in [1.165, 1.54) is 6.42 Å². The number of hydrogen-bond donors (Lipinski definition) is 1. The molecule has 0 aliphatic carbocycles. The van der Waals surface area contributed by atoms with Crippen molar-refractivity contribution in [2.75, 3.05) is 26.2 Å². The van der Waals surface area contributed by atoms with Crippen LogP contribution in [0.1, 0.15) is 35.2 Å². The minimum atomic E-state index is 0.211. The van der Waals surface area contributed by atoms with Crippen LogP contribution in [0.3, 0.4) is 0 Å². The van der Waals surface area contributed by atoms with E-state index in [-0.39, 0.29) is 12.4 Å². The molecule has 1 aromatic carbocycles. The van der Waals surface area contributed by atoms with E-state index in [2.05, 4.69) is 4.90 Å². The van der Waals surface area contributed by atoms with Gasteiger partial charge in [0.1, 0.15) is 0 Å². The number of carbonyl (C=O) groups excluding carboxylic acids is 1. The van der Waals surface area contributed by atoms with E-state index in [0.717, 1.165) is 37.1 Å². The first-order chi connectivity index (χ1) is 9.20. The van der Waals surface area contributed by atoms with Gasteiger partial charge in [-0.05, 0) is 44.2 Å². The Balaban J connectivity index is 1.93. The summed E-state index contributed by atoms with van der Waals surface area (Å²) < 4.78 is 0. The van der Waals surface area contributed by atoms with Crippen LogP contribution < -0.4 is 0 Å². The third-order valence-electron chi connectivity index (χ3n) is 3.95. The largest absolute Gasteiger partial charge is 0.396 e. The van der Waals surface area contributed by atoms with Crippen LogP contribution in [0, 0.1) is 12.8 Å². The van der Waals surface area contributed by atoms with Gasteiger partial charge in [-0.3, -0.25) is 9.69 Å². The molecule has 2 rings (SSSR count). The second-order valence-electron chi connectivity index (χ2n) is 5.49. The third-order valence-corrected chi connectivity index (χ3v) is 3.95. The van der Waals surface area contributed by atoms with Crippen LogP contribution in [0.25, 0.3) is 0 Å². The number of aliphatic hydroxyl groups excluding tert-OH is 1. The molecule has 1 heterocycles. The Kier molecular flexibility index (Phi) is 5.11. The Hall–Kier alpha value is -1.19. The van der Waals surface area contributed by atoms with Crippen LogP contribution in [-0.4, -0.2) is 42.0 Å². The van der Waals surface area contributed by atoms with Crippen molar-refractivity contribution < 1.29 is 9.90 Å². The highest BCUT2D eigenvalue weighted by Crippen LogP contribution is 2.19. The Morgan fingerprint density at radius 1 is 1.42 bits per heavy atom. The van der Waals surface area contributed by atoms with Gasteiger partial charge in [-0.1, -0.05) is 24.3 Å². The third kappa shape index (κ3) is 3.88. The molecule has 0 spiro atoms. The standard InChI is InChI=1S/C16H23NO2/c1-13-5-2-3-7-15(13)16(19)12-17-9-4-6-14(11-17)8-10-18/h2-3,5,7,14,18H,4,6,8-12H2,1H3. The number of ketones is 1. The van der Waals surface area contributed by atoms with Gasteiger partial charge < -0.3 is 5.11 Å². The van der Waals surface area contributed by atoms with Gasteiger partial charge in [-0.15, -0.1) is 0 Å². The number of hydrogen-bond acceptors (Lipinski definition) is 3. The molecule has 3 nitrogen and oxygen atoms in total. The molecule has 1 atom stereocenters. The van der Waals surface area contributed by atoms with E-state index in [1.54, 1.807) is 0 Å². The summed E-state index contributed by atoms with van der Waals surface area (Å²) in [5, 5.41) is 9.02. The van der Waals surface area contributed by atoms with Crippen LogP contribution >= 0.6 is 0 Å². The molecule has 1 aliphatic rings. The minimum Gasteiger partial charge on any atom is -0.396 e. The molecule has 1 N–H and O–H groups in total. The van der Waals surface area contributed by atoms with E-state index in [9.17, 15) is 4.79 Å². The molecule has 19 heavy (non-hydrogen) atoms. The molecule has 1 saturated heterocycles. The summed E-state index contributed by atoms with van der Waals surface area (Å²) in [4.78, 5) is 14.5. The molecule has 0 radical (unpaired) electrons. The monoisotopic (exact) mass is 261 g/mol. The first-order valence-corrected chi connectivity index (χ1v) is 7.12. The summed E-state index contributed by atoms with van der Waals surface area (Å²) in [6.45, 7) is 4.69. The van der Waals surface area contributed by atoms with Gasteiger partial charge in [0.05, 0.1) is 6.54 Å². The van der Waals surface area contributed by atoms with E-state index >= 15 is 0 Å². The van der Waals surface area contributed by atoms with Gasteiger partial charge in [-0.25, -0.2) is 0 Å². The fourth-order valence-electron chi connectivity index (χ4n) is 2.89. The number of piperidine rings is 1. The highest BCUT2D eigenvalue weighted by Gasteiger charge is 2.21. The summed E-state index contributed by atoms with van der Waals surface area (Å²) in [5.41, 5.74) is 1.89. The number of Topliss-reactive ketones (excluding diaryl/α,β-unsaturated/α-hetero) is 1. The Bertz CT molecular complexity index is 429. The molecule has 0 bridgehead atoms. The number of rotatable bonds is 5. The normalized spacial score (nSPS) is 20.4. The molecule has 0 aromatic heterocycles. The maximum atomic E-state index is 12.3. The molecule has 1 aromatic rings. The summed E-state index contributed by atoms with van der Waals surface area (Å²) in [6.07, 6.45) is 3.16. The van der Waals surface area contributed by atoms with Gasteiger partial charge in [0, 0.05) is 18.7 Å². The van der Waals surface area contributed by atoms with E-state index in [0.29, 0.717) is 12.5 Å². The molecular formula is C16H23NO2. The lowest BCUT2D eigenvalue weighted by Gasteiger charge is -2.32. The fraction of sp³-hybridized carbons (Fsp3) is 0.562. The summed E-state index contributed by atoms with van der Waals surface area (Å²) in [6, 6.07) is 7.78. The lowest BCUT2D eigenvalue weighted by molar-refractivity contribution is 0.0871. The Labute approximate surface area is 115 Å². The summed E-state index contributed by atoms with van der Waals surface area (Å²) >= 11 is 0. The number of carbonyl (C=O) groups is 1. The van der Waals surface area contributed by atoms with Crippen molar-refractivity contribution >= 4 is 5.78 Å². The zero-order valence-electron chi connectivity index (χ0n) is 11.6. The second kappa shape index (κ2) is 6.83. The number of aryl methyl sites for hydroxylation is 1. The van der Waals surface area contributed by atoms with Crippen molar-refractivity contribution in [1.82, 2.24) is 4.90 Å². The number of nitrogens with zero attached hydrogens (tertiary/aromatic N) is 1. The topological polar surface area (TPSA) is 40.5 Å². The molecule has 104 valence electrons. The zero-order valence-corrected chi connectivity index (χ0v) is 11.6. The van der Waals surface area contributed by atoms with Crippen LogP contribution in [-0.2, 0) is 0 Å². The Morgan fingerprint density at radius 2 is 2.21 bits per heavy atom. The molecular weight excluding hydrogens is 238 g/mol. The van der Waals surface area contributed by atoms with Gasteiger partial charge in [0.25, 0.3) is 0 Å². The van der Waals surface area contributed by atoms with E-state index in [4.69, 9.17) is 5.11 Å². The molecule has 1 unspecified atom stereocenters. The quantitative estimate of drug-likeness (QED) is 0.827. The highest BCUT2D eigenvalue weighted by molar-refractivity contribution is 5.98. The molecule has 3 heteroatoms. The van der Waals surface area contributed by atoms with Crippen LogP contribution in [0.2, 0.25) is 0 Å².